The molecule has 0 amide bonds. The Kier molecular flexibility index (Phi) is 5.93. The predicted octanol–water partition coefficient (Wildman–Crippen LogP) is 4.85. The molecule has 2 rings (SSSR count). The average Bonchev–Trinajstić information content (AvgIpc) is 2.48. The molecule has 0 aliphatic heterocycles. The van der Waals surface area contributed by atoms with Crippen LogP contribution in [0.1, 0.15) is 45.6 Å². The van der Waals surface area contributed by atoms with Gasteiger partial charge in [-0.15, -0.1) is 0 Å². The zero-order valence-electron chi connectivity index (χ0n) is 13.8. The maximum absolute atomic E-state index is 9.31. The van der Waals surface area contributed by atoms with Crippen LogP contribution in [0.15, 0.2) is 36.7 Å². The Morgan fingerprint density at radius 1 is 0.955 bits per heavy atom. The van der Waals surface area contributed by atoms with Crippen molar-refractivity contribution in [2.24, 2.45) is 11.8 Å². The highest BCUT2D eigenvalue weighted by molar-refractivity contribution is 5.55. The number of aromatic nitrogens is 2. The first-order chi connectivity index (χ1) is 10.5. The molecule has 3 heteroatoms. The van der Waals surface area contributed by atoms with E-state index in [0.717, 1.165) is 17.9 Å². The molecule has 0 saturated heterocycles. The van der Waals surface area contributed by atoms with Crippen LogP contribution in [0.2, 0.25) is 0 Å². The number of hydrogen-bond acceptors (Lipinski definition) is 3. The summed E-state index contributed by atoms with van der Waals surface area (Å²) in [5.74, 6) is 2.42. The lowest BCUT2D eigenvalue weighted by Gasteiger charge is -2.12. The first kappa shape index (κ1) is 16.5. The summed E-state index contributed by atoms with van der Waals surface area (Å²) in [5.41, 5.74) is 2.12. The maximum Gasteiger partial charge on any atom is 0.159 e. The summed E-state index contributed by atoms with van der Waals surface area (Å²) in [5, 5.41) is 9.31. The zero-order chi connectivity index (χ0) is 15.9. The minimum atomic E-state index is 0.260. The van der Waals surface area contributed by atoms with E-state index in [9.17, 15) is 5.11 Å². The van der Waals surface area contributed by atoms with Gasteiger partial charge in [0, 0.05) is 18.0 Å². The van der Waals surface area contributed by atoms with Crippen molar-refractivity contribution < 1.29 is 5.11 Å². The SMILES string of the molecule is CC(C)CCCC(C)Cc1cnc(-c2ccc(O)cc2)nc1. The number of hydrogen-bond donors (Lipinski definition) is 1. The van der Waals surface area contributed by atoms with Crippen LogP contribution >= 0.6 is 0 Å². The van der Waals surface area contributed by atoms with Crippen molar-refractivity contribution in [1.29, 1.82) is 0 Å². The molecule has 0 fully saturated rings. The maximum atomic E-state index is 9.31. The molecule has 1 aromatic heterocycles. The van der Waals surface area contributed by atoms with Crippen molar-refractivity contribution in [3.05, 3.63) is 42.2 Å². The Morgan fingerprint density at radius 3 is 2.18 bits per heavy atom. The second-order valence-electron chi connectivity index (χ2n) is 6.60. The van der Waals surface area contributed by atoms with Gasteiger partial charge in [-0.2, -0.15) is 0 Å². The topological polar surface area (TPSA) is 46.0 Å². The van der Waals surface area contributed by atoms with Crippen molar-refractivity contribution in [2.45, 2.75) is 46.5 Å². The Balaban J connectivity index is 1.90. The van der Waals surface area contributed by atoms with E-state index in [1.54, 1.807) is 12.1 Å². The van der Waals surface area contributed by atoms with Crippen molar-refractivity contribution in [2.75, 3.05) is 0 Å². The normalized spacial score (nSPS) is 12.5. The van der Waals surface area contributed by atoms with Gasteiger partial charge >= 0.3 is 0 Å². The first-order valence-electron chi connectivity index (χ1n) is 8.15. The molecule has 0 spiro atoms. The average molecular weight is 298 g/mol. The van der Waals surface area contributed by atoms with Gasteiger partial charge in [-0.05, 0) is 48.1 Å². The number of phenolic OH excluding ortho intramolecular Hbond substituents is 1. The summed E-state index contributed by atoms with van der Waals surface area (Å²) >= 11 is 0. The standard InChI is InChI=1S/C19H26N2O/c1-14(2)5-4-6-15(3)11-16-12-20-19(21-13-16)17-7-9-18(22)10-8-17/h7-10,12-15,22H,4-6,11H2,1-3H3. The highest BCUT2D eigenvalue weighted by Gasteiger charge is 2.07. The fraction of sp³-hybridized carbons (Fsp3) is 0.474. The van der Waals surface area contributed by atoms with Crippen molar-refractivity contribution in [1.82, 2.24) is 9.97 Å². The first-order valence-corrected chi connectivity index (χ1v) is 8.15. The van der Waals surface area contributed by atoms with Crippen LogP contribution in [0.5, 0.6) is 5.75 Å². The fourth-order valence-electron chi connectivity index (χ4n) is 2.60. The van der Waals surface area contributed by atoms with Crippen LogP contribution in [0, 0.1) is 11.8 Å². The number of nitrogens with zero attached hydrogens (tertiary/aromatic N) is 2. The molecule has 0 aliphatic carbocycles. The summed E-state index contributed by atoms with van der Waals surface area (Å²) in [4.78, 5) is 8.89. The van der Waals surface area contributed by atoms with Crippen LogP contribution in [0.3, 0.4) is 0 Å². The molecule has 1 unspecified atom stereocenters. The van der Waals surface area contributed by atoms with Gasteiger partial charge in [0.15, 0.2) is 5.82 Å². The molecular formula is C19H26N2O. The lowest BCUT2D eigenvalue weighted by Crippen LogP contribution is -2.02. The summed E-state index contributed by atoms with van der Waals surface area (Å²) in [6.45, 7) is 6.86. The number of aromatic hydroxyl groups is 1. The van der Waals surface area contributed by atoms with Gasteiger partial charge in [-0.25, -0.2) is 9.97 Å². The largest absolute Gasteiger partial charge is 0.508 e. The van der Waals surface area contributed by atoms with E-state index in [1.165, 1.54) is 24.8 Å². The van der Waals surface area contributed by atoms with Crippen LogP contribution < -0.4 is 0 Å². The van der Waals surface area contributed by atoms with Crippen LogP contribution in [0.25, 0.3) is 11.4 Å². The Morgan fingerprint density at radius 2 is 1.59 bits per heavy atom. The van der Waals surface area contributed by atoms with Gasteiger partial charge < -0.3 is 5.11 Å². The van der Waals surface area contributed by atoms with Gasteiger partial charge in [0.2, 0.25) is 0 Å². The second kappa shape index (κ2) is 7.92. The fourth-order valence-corrected chi connectivity index (χ4v) is 2.60. The van der Waals surface area contributed by atoms with Gasteiger partial charge in [-0.1, -0.05) is 40.0 Å². The van der Waals surface area contributed by atoms with E-state index in [4.69, 9.17) is 0 Å². The third-order valence-electron chi connectivity index (χ3n) is 3.89. The van der Waals surface area contributed by atoms with Crippen LogP contribution in [-0.2, 0) is 6.42 Å². The molecule has 1 heterocycles. The molecule has 0 saturated carbocycles. The number of benzene rings is 1. The predicted molar refractivity (Wildman–Crippen MR) is 90.7 cm³/mol. The smallest absolute Gasteiger partial charge is 0.159 e. The molecular weight excluding hydrogens is 272 g/mol. The van der Waals surface area contributed by atoms with Crippen molar-refractivity contribution in [3.63, 3.8) is 0 Å². The minimum absolute atomic E-state index is 0.260. The summed E-state index contributed by atoms with van der Waals surface area (Å²) in [7, 11) is 0. The third kappa shape index (κ3) is 5.14. The van der Waals surface area contributed by atoms with Crippen molar-refractivity contribution >= 4 is 0 Å². The van der Waals surface area contributed by atoms with Crippen molar-refractivity contribution in [3.8, 4) is 17.1 Å². The Bertz CT molecular complexity index is 561. The molecule has 22 heavy (non-hydrogen) atoms. The zero-order valence-corrected chi connectivity index (χ0v) is 13.8. The van der Waals surface area contributed by atoms with Gasteiger partial charge in [0.25, 0.3) is 0 Å². The summed E-state index contributed by atoms with van der Waals surface area (Å²) in [6.07, 6.45) is 8.75. The van der Waals surface area contributed by atoms with Crippen LogP contribution in [0.4, 0.5) is 0 Å². The molecule has 0 radical (unpaired) electrons. The molecule has 0 aliphatic rings. The van der Waals surface area contributed by atoms with E-state index in [0.29, 0.717) is 11.7 Å². The number of phenols is 1. The van der Waals surface area contributed by atoms with E-state index >= 15 is 0 Å². The molecule has 1 N–H and O–H groups in total. The van der Waals surface area contributed by atoms with E-state index in [2.05, 4.69) is 30.7 Å². The number of rotatable bonds is 7. The minimum Gasteiger partial charge on any atom is -0.508 e. The molecule has 0 bridgehead atoms. The van der Waals surface area contributed by atoms with Gasteiger partial charge in [-0.3, -0.25) is 0 Å². The molecule has 2 aromatic rings. The highest BCUT2D eigenvalue weighted by Crippen LogP contribution is 2.20. The quantitative estimate of drug-likeness (QED) is 0.794. The van der Waals surface area contributed by atoms with Gasteiger partial charge in [0.05, 0.1) is 0 Å². The monoisotopic (exact) mass is 298 g/mol. The van der Waals surface area contributed by atoms with E-state index in [1.807, 2.05) is 24.5 Å². The van der Waals surface area contributed by atoms with Crippen LogP contribution in [-0.4, -0.2) is 15.1 Å². The second-order valence-corrected chi connectivity index (χ2v) is 6.60. The molecule has 1 atom stereocenters. The van der Waals surface area contributed by atoms with E-state index in [-0.39, 0.29) is 5.75 Å². The highest BCUT2D eigenvalue weighted by atomic mass is 16.3. The molecule has 118 valence electrons. The van der Waals surface area contributed by atoms with Gasteiger partial charge in [0.1, 0.15) is 5.75 Å². The van der Waals surface area contributed by atoms with E-state index < -0.39 is 0 Å². The molecule has 1 aromatic carbocycles. The third-order valence-corrected chi connectivity index (χ3v) is 3.89. The molecule has 3 nitrogen and oxygen atoms in total. The Hall–Kier alpha value is -1.90. The lowest BCUT2D eigenvalue weighted by atomic mass is 9.95. The summed E-state index contributed by atoms with van der Waals surface area (Å²) in [6, 6.07) is 6.98. The Labute approximate surface area is 133 Å². The lowest BCUT2D eigenvalue weighted by molar-refractivity contribution is 0.455. The summed E-state index contributed by atoms with van der Waals surface area (Å²) < 4.78 is 0.